The number of nitrogens with zero attached hydrogens (tertiary/aromatic N) is 6. The van der Waals surface area contributed by atoms with Crippen LogP contribution in [0.2, 0.25) is 0 Å². The molecule has 0 spiro atoms. The number of methoxy groups -OCH3 is 1. The fourth-order valence-corrected chi connectivity index (χ4v) is 4.19. The minimum atomic E-state index is -0.806. The highest BCUT2D eigenvalue weighted by molar-refractivity contribution is 7.99. The highest BCUT2D eigenvalue weighted by Crippen LogP contribution is 2.36. The van der Waals surface area contributed by atoms with E-state index in [9.17, 15) is 19.7 Å². The number of aromatic nitrogens is 5. The van der Waals surface area contributed by atoms with Gasteiger partial charge in [-0.3, -0.25) is 24.5 Å². The predicted molar refractivity (Wildman–Crippen MR) is 102 cm³/mol. The molecule has 0 amide bonds. The van der Waals surface area contributed by atoms with Gasteiger partial charge in [0.05, 0.1) is 23.6 Å². The van der Waals surface area contributed by atoms with E-state index in [1.54, 1.807) is 18.5 Å². The zero-order valence-electron chi connectivity index (χ0n) is 15.1. The molecular formula is C17H14N6O5S. The summed E-state index contributed by atoms with van der Waals surface area (Å²) < 4.78 is 7.69. The number of hydrogen-bond acceptors (Lipinski definition) is 9. The second-order valence-electron chi connectivity index (χ2n) is 6.20. The molecule has 11 nitrogen and oxygen atoms in total. The molecule has 1 aliphatic heterocycles. The van der Waals surface area contributed by atoms with E-state index < -0.39 is 22.1 Å². The Balaban J connectivity index is 1.75. The minimum absolute atomic E-state index is 0.0686. The zero-order chi connectivity index (χ0) is 20.5. The van der Waals surface area contributed by atoms with Crippen LogP contribution in [0.15, 0.2) is 46.7 Å². The average Bonchev–Trinajstić information content (AvgIpc) is 3.32. The summed E-state index contributed by atoms with van der Waals surface area (Å²) in [5, 5.41) is 20.3. The van der Waals surface area contributed by atoms with E-state index in [1.807, 2.05) is 10.6 Å². The molecule has 4 heterocycles. The van der Waals surface area contributed by atoms with E-state index in [1.165, 1.54) is 25.1 Å². The first-order chi connectivity index (χ1) is 14.0. The second-order valence-corrected chi connectivity index (χ2v) is 7.19. The van der Waals surface area contributed by atoms with E-state index in [4.69, 9.17) is 0 Å². The number of nitro groups is 1. The Morgan fingerprint density at radius 3 is 2.97 bits per heavy atom. The van der Waals surface area contributed by atoms with E-state index >= 15 is 0 Å². The van der Waals surface area contributed by atoms with Gasteiger partial charge in [-0.15, -0.1) is 10.2 Å². The number of carbonyl (C=O) groups excluding carboxylic acids is 1. The number of fused-ring (bicyclic) bond motifs is 1. The molecule has 0 N–H and O–H groups in total. The van der Waals surface area contributed by atoms with Crippen molar-refractivity contribution in [1.82, 2.24) is 24.3 Å². The number of rotatable bonds is 5. The minimum Gasteiger partial charge on any atom is -0.465 e. The van der Waals surface area contributed by atoms with Gasteiger partial charge in [0.15, 0.2) is 11.0 Å². The zero-order valence-corrected chi connectivity index (χ0v) is 15.9. The standard InChI is InChI=1S/C17H14N6O5S/c1-28-16(25)11-5-13(23(26)27)15(24)21(7-11)8-12-9-29-17-20-19-14(22(12)17)10-3-2-4-18-6-10/h2-7,12H,8-9H2,1H3. The molecule has 29 heavy (non-hydrogen) atoms. The Morgan fingerprint density at radius 1 is 1.45 bits per heavy atom. The van der Waals surface area contributed by atoms with Crippen molar-refractivity contribution in [2.75, 3.05) is 12.9 Å². The van der Waals surface area contributed by atoms with Crippen LogP contribution in [-0.4, -0.2) is 48.1 Å². The van der Waals surface area contributed by atoms with Gasteiger partial charge in [-0.2, -0.15) is 0 Å². The lowest BCUT2D eigenvalue weighted by Gasteiger charge is -2.16. The van der Waals surface area contributed by atoms with Gasteiger partial charge in [-0.05, 0) is 12.1 Å². The van der Waals surface area contributed by atoms with Crippen molar-refractivity contribution < 1.29 is 14.5 Å². The number of carbonyl (C=O) groups is 1. The van der Waals surface area contributed by atoms with E-state index in [2.05, 4.69) is 19.9 Å². The summed E-state index contributed by atoms with van der Waals surface area (Å²) in [4.78, 5) is 39.0. The van der Waals surface area contributed by atoms with Crippen LogP contribution in [0.3, 0.4) is 0 Å². The van der Waals surface area contributed by atoms with Crippen molar-refractivity contribution in [3.8, 4) is 11.4 Å². The van der Waals surface area contributed by atoms with Gasteiger partial charge >= 0.3 is 17.2 Å². The maximum absolute atomic E-state index is 12.6. The Labute approximate surface area is 167 Å². The van der Waals surface area contributed by atoms with Crippen LogP contribution >= 0.6 is 11.8 Å². The third-order valence-electron chi connectivity index (χ3n) is 4.45. The molecule has 148 valence electrons. The highest BCUT2D eigenvalue weighted by atomic mass is 32.2. The summed E-state index contributed by atoms with van der Waals surface area (Å²) in [6.07, 6.45) is 4.58. The lowest BCUT2D eigenvalue weighted by molar-refractivity contribution is -0.386. The van der Waals surface area contributed by atoms with Gasteiger partial charge in [-0.1, -0.05) is 11.8 Å². The molecule has 1 atom stereocenters. The van der Waals surface area contributed by atoms with Crippen LogP contribution in [-0.2, 0) is 11.3 Å². The van der Waals surface area contributed by atoms with E-state index in [0.29, 0.717) is 16.7 Å². The summed E-state index contributed by atoms with van der Waals surface area (Å²) >= 11 is 1.47. The topological polar surface area (TPSA) is 135 Å². The SMILES string of the molecule is COC(=O)c1cc([N+](=O)[O-])c(=O)n(CC2CSc3nnc(-c4cccnc4)n32)c1. The van der Waals surface area contributed by atoms with Gasteiger partial charge < -0.3 is 9.30 Å². The first-order valence-corrected chi connectivity index (χ1v) is 9.43. The Kier molecular flexibility index (Phi) is 4.84. The van der Waals surface area contributed by atoms with Crippen molar-refractivity contribution in [1.29, 1.82) is 0 Å². The van der Waals surface area contributed by atoms with Crippen LogP contribution in [0.5, 0.6) is 0 Å². The molecule has 0 saturated carbocycles. The monoisotopic (exact) mass is 414 g/mol. The summed E-state index contributed by atoms with van der Waals surface area (Å²) in [5.74, 6) is 0.430. The molecule has 0 saturated heterocycles. The molecule has 0 fully saturated rings. The van der Waals surface area contributed by atoms with Gasteiger partial charge in [0.25, 0.3) is 0 Å². The molecule has 4 rings (SSSR count). The molecule has 3 aromatic rings. The van der Waals surface area contributed by atoms with Crippen LogP contribution in [0.4, 0.5) is 5.69 Å². The largest absolute Gasteiger partial charge is 0.465 e. The number of esters is 1. The van der Waals surface area contributed by atoms with E-state index in [0.717, 1.165) is 16.2 Å². The fraction of sp³-hybridized carbons (Fsp3) is 0.235. The van der Waals surface area contributed by atoms with Gasteiger partial charge in [0.1, 0.15) is 0 Å². The molecule has 1 unspecified atom stereocenters. The van der Waals surface area contributed by atoms with Crippen LogP contribution in [0.25, 0.3) is 11.4 Å². The quantitative estimate of drug-likeness (QED) is 0.346. The van der Waals surface area contributed by atoms with Crippen LogP contribution < -0.4 is 5.56 Å². The maximum atomic E-state index is 12.6. The van der Waals surface area contributed by atoms with Gasteiger partial charge in [0.2, 0.25) is 0 Å². The summed E-state index contributed by atoms with van der Waals surface area (Å²) in [5.41, 5.74) is -0.784. The second kappa shape index (κ2) is 7.47. The molecular weight excluding hydrogens is 400 g/mol. The smallest absolute Gasteiger partial charge is 0.339 e. The molecule has 0 aliphatic carbocycles. The average molecular weight is 414 g/mol. The Bertz CT molecular complexity index is 1160. The first-order valence-electron chi connectivity index (χ1n) is 8.45. The van der Waals surface area contributed by atoms with Gasteiger partial charge in [-0.25, -0.2) is 4.79 Å². The lowest BCUT2D eigenvalue weighted by Crippen LogP contribution is -2.28. The Hall–Kier alpha value is -3.54. The number of ether oxygens (including phenoxy) is 1. The number of hydrogen-bond donors (Lipinski definition) is 0. The summed E-state index contributed by atoms with van der Waals surface area (Å²) in [6.45, 7) is 0.107. The molecule has 3 aromatic heterocycles. The summed E-state index contributed by atoms with van der Waals surface area (Å²) in [7, 11) is 1.17. The van der Waals surface area contributed by atoms with Crippen molar-refractivity contribution in [2.24, 2.45) is 0 Å². The molecule has 12 heteroatoms. The third kappa shape index (κ3) is 3.38. The third-order valence-corrected chi connectivity index (χ3v) is 5.53. The molecule has 0 radical (unpaired) electrons. The lowest BCUT2D eigenvalue weighted by atomic mass is 10.2. The van der Waals surface area contributed by atoms with Crippen LogP contribution in [0, 0.1) is 10.1 Å². The number of pyridine rings is 2. The first kappa shape index (κ1) is 18.8. The van der Waals surface area contributed by atoms with Crippen molar-refractivity contribution in [3.63, 3.8) is 0 Å². The van der Waals surface area contributed by atoms with Crippen molar-refractivity contribution in [3.05, 3.63) is 62.8 Å². The highest BCUT2D eigenvalue weighted by Gasteiger charge is 2.30. The normalized spacial score (nSPS) is 15.1. The fourth-order valence-electron chi connectivity index (χ4n) is 3.12. The van der Waals surface area contributed by atoms with Crippen LogP contribution in [0.1, 0.15) is 16.4 Å². The maximum Gasteiger partial charge on any atom is 0.339 e. The van der Waals surface area contributed by atoms with Crippen molar-refractivity contribution >= 4 is 23.4 Å². The Morgan fingerprint density at radius 2 is 2.28 bits per heavy atom. The van der Waals surface area contributed by atoms with Crippen molar-refractivity contribution in [2.45, 2.75) is 17.7 Å². The number of thioether (sulfide) groups is 1. The van der Waals surface area contributed by atoms with E-state index in [-0.39, 0.29) is 18.2 Å². The summed E-state index contributed by atoms with van der Waals surface area (Å²) in [6, 6.07) is 4.31. The molecule has 0 bridgehead atoms. The predicted octanol–water partition coefficient (Wildman–Crippen LogP) is 1.54. The molecule has 0 aromatic carbocycles. The molecule has 1 aliphatic rings. The van der Waals surface area contributed by atoms with Gasteiger partial charge in [0, 0.05) is 42.5 Å².